The molecule has 11 nitrogen and oxygen atoms in total. The minimum atomic E-state index is -0.476. The molecule has 2 aliphatic heterocycles. The number of nitrogens with zero attached hydrogens (tertiary/aromatic N) is 5. The van der Waals surface area contributed by atoms with Gasteiger partial charge in [-0.2, -0.15) is 15.0 Å². The number of piperidine rings is 2. The third kappa shape index (κ3) is 5.19. The first-order chi connectivity index (χ1) is 14.9. The normalized spacial score (nSPS) is 24.2. The van der Waals surface area contributed by atoms with Gasteiger partial charge in [0.15, 0.2) is 0 Å². The lowest BCUT2D eigenvalue weighted by Gasteiger charge is -2.35. The van der Waals surface area contributed by atoms with Crippen LogP contribution in [0.5, 0.6) is 0 Å². The monoisotopic (exact) mass is 426 g/mol. The fourth-order valence-electron chi connectivity index (χ4n) is 4.07. The van der Waals surface area contributed by atoms with Crippen LogP contribution in [0.4, 0.5) is 23.5 Å². The van der Waals surface area contributed by atoms with E-state index in [0.29, 0.717) is 43.0 Å². The van der Waals surface area contributed by atoms with Gasteiger partial charge in [0.1, 0.15) is 0 Å². The second kappa shape index (κ2) is 9.00. The number of carbonyl (C=O) groups is 1. The van der Waals surface area contributed by atoms with Gasteiger partial charge in [-0.25, -0.2) is 0 Å². The van der Waals surface area contributed by atoms with E-state index in [1.165, 1.54) is 0 Å². The molecule has 31 heavy (non-hydrogen) atoms. The molecule has 1 amide bonds. The third-order valence-electron chi connectivity index (χ3n) is 5.58. The van der Waals surface area contributed by atoms with Crippen LogP contribution in [0.1, 0.15) is 29.6 Å². The standard InChI is InChI=1S/C20H30N10O/c21-13-2-1-7-29(9-13)19-26-18(25-16-5-3-12(4-6-16)17(24)31)27-20(28-19)30-10-14(22)8-15(23)11-30/h3-6,13-15H,1-2,7-11,21-23H2,(H2,24,31)(H,25,26,27,28)/t13-,14-,15+/m1/s1. The van der Waals surface area contributed by atoms with Crippen LogP contribution in [0, 0.1) is 0 Å². The van der Waals surface area contributed by atoms with E-state index >= 15 is 0 Å². The van der Waals surface area contributed by atoms with E-state index in [1.807, 2.05) is 4.90 Å². The molecule has 0 radical (unpaired) electrons. The van der Waals surface area contributed by atoms with Crippen molar-refractivity contribution in [2.45, 2.75) is 37.4 Å². The number of primary amides is 1. The Bertz CT molecular complexity index is 911. The minimum absolute atomic E-state index is 0.0369. The molecule has 2 aromatic rings. The SMILES string of the molecule is NC(=O)c1ccc(Nc2nc(N3CCC[C@@H](N)C3)nc(N3C[C@H](N)C[C@H](N)C3)n2)cc1. The summed E-state index contributed by atoms with van der Waals surface area (Å²) in [6.07, 6.45) is 2.74. The lowest BCUT2D eigenvalue weighted by atomic mass is 10.0. The molecule has 166 valence electrons. The van der Waals surface area contributed by atoms with Crippen molar-refractivity contribution in [1.82, 2.24) is 15.0 Å². The molecule has 0 unspecified atom stereocenters. The Kier molecular flexibility index (Phi) is 6.16. The molecular formula is C20H30N10O. The Morgan fingerprint density at radius 1 is 0.903 bits per heavy atom. The molecule has 0 bridgehead atoms. The topological polar surface area (TPSA) is 178 Å². The van der Waals surface area contributed by atoms with Gasteiger partial charge in [-0.05, 0) is 43.5 Å². The minimum Gasteiger partial charge on any atom is -0.366 e. The zero-order valence-corrected chi connectivity index (χ0v) is 17.4. The number of amides is 1. The van der Waals surface area contributed by atoms with Crippen molar-refractivity contribution in [1.29, 1.82) is 0 Å². The van der Waals surface area contributed by atoms with Crippen LogP contribution >= 0.6 is 0 Å². The number of aromatic nitrogens is 3. The van der Waals surface area contributed by atoms with Gasteiger partial charge in [-0.3, -0.25) is 4.79 Å². The Morgan fingerprint density at radius 2 is 1.52 bits per heavy atom. The molecule has 0 spiro atoms. The molecular weight excluding hydrogens is 396 g/mol. The summed E-state index contributed by atoms with van der Waals surface area (Å²) in [4.78, 5) is 29.4. The van der Waals surface area contributed by atoms with Crippen LogP contribution in [-0.4, -0.2) is 65.2 Å². The number of hydrogen-bond acceptors (Lipinski definition) is 10. The Balaban J connectivity index is 1.64. The molecule has 1 aromatic carbocycles. The first-order valence-electron chi connectivity index (χ1n) is 10.6. The van der Waals surface area contributed by atoms with E-state index in [9.17, 15) is 4.79 Å². The van der Waals surface area contributed by atoms with Gasteiger partial charge in [0.2, 0.25) is 23.8 Å². The number of anilines is 4. The molecule has 3 heterocycles. The van der Waals surface area contributed by atoms with Crippen molar-refractivity contribution >= 4 is 29.4 Å². The van der Waals surface area contributed by atoms with Crippen molar-refractivity contribution in [3.63, 3.8) is 0 Å². The number of nitrogens with one attached hydrogen (secondary N) is 1. The highest BCUT2D eigenvalue weighted by Gasteiger charge is 2.27. The highest BCUT2D eigenvalue weighted by atomic mass is 16.1. The summed E-state index contributed by atoms with van der Waals surface area (Å²) in [5.74, 6) is 1.03. The van der Waals surface area contributed by atoms with E-state index in [1.54, 1.807) is 24.3 Å². The third-order valence-corrected chi connectivity index (χ3v) is 5.58. The van der Waals surface area contributed by atoms with Crippen molar-refractivity contribution in [3.05, 3.63) is 29.8 Å². The predicted molar refractivity (Wildman–Crippen MR) is 120 cm³/mol. The Labute approximate surface area is 181 Å². The Hall–Kier alpha value is -3.02. The molecule has 2 aliphatic rings. The molecule has 2 saturated heterocycles. The van der Waals surface area contributed by atoms with Gasteiger partial charge in [0.25, 0.3) is 0 Å². The number of rotatable bonds is 5. The largest absolute Gasteiger partial charge is 0.366 e. The van der Waals surface area contributed by atoms with Crippen LogP contribution in [-0.2, 0) is 0 Å². The van der Waals surface area contributed by atoms with Crippen molar-refractivity contribution in [3.8, 4) is 0 Å². The highest BCUT2D eigenvalue weighted by Crippen LogP contribution is 2.24. The zero-order valence-electron chi connectivity index (χ0n) is 17.4. The van der Waals surface area contributed by atoms with Gasteiger partial charge >= 0.3 is 0 Å². The summed E-state index contributed by atoms with van der Waals surface area (Å²) in [6, 6.07) is 6.83. The van der Waals surface area contributed by atoms with E-state index in [-0.39, 0.29) is 18.1 Å². The molecule has 9 N–H and O–H groups in total. The first-order valence-corrected chi connectivity index (χ1v) is 10.6. The smallest absolute Gasteiger partial charge is 0.248 e. The lowest BCUT2D eigenvalue weighted by Crippen LogP contribution is -2.53. The van der Waals surface area contributed by atoms with Gasteiger partial charge in [-0.1, -0.05) is 0 Å². The van der Waals surface area contributed by atoms with Crippen LogP contribution in [0.3, 0.4) is 0 Å². The van der Waals surface area contributed by atoms with Gasteiger partial charge in [0, 0.05) is 55.6 Å². The number of carbonyl (C=O) groups excluding carboxylic acids is 1. The molecule has 1 aromatic heterocycles. The highest BCUT2D eigenvalue weighted by molar-refractivity contribution is 5.93. The van der Waals surface area contributed by atoms with E-state index in [0.717, 1.165) is 31.5 Å². The van der Waals surface area contributed by atoms with E-state index in [4.69, 9.17) is 27.9 Å². The van der Waals surface area contributed by atoms with E-state index < -0.39 is 5.91 Å². The Morgan fingerprint density at radius 3 is 2.13 bits per heavy atom. The number of benzene rings is 1. The first kappa shape index (κ1) is 21.2. The number of hydrogen-bond donors (Lipinski definition) is 5. The molecule has 0 saturated carbocycles. The predicted octanol–water partition coefficient (Wildman–Crippen LogP) is -0.494. The average molecular weight is 427 g/mol. The summed E-state index contributed by atoms with van der Waals surface area (Å²) in [5.41, 5.74) is 25.0. The van der Waals surface area contributed by atoms with Crippen LogP contribution < -0.4 is 38.1 Å². The fourth-order valence-corrected chi connectivity index (χ4v) is 4.07. The van der Waals surface area contributed by atoms with E-state index in [2.05, 4.69) is 20.2 Å². The second-order valence-electron chi connectivity index (χ2n) is 8.33. The second-order valence-corrected chi connectivity index (χ2v) is 8.33. The molecule has 11 heteroatoms. The summed E-state index contributed by atoms with van der Waals surface area (Å²) in [5, 5.41) is 3.20. The summed E-state index contributed by atoms with van der Waals surface area (Å²) < 4.78 is 0. The molecule has 3 atom stereocenters. The molecule has 2 fully saturated rings. The summed E-state index contributed by atoms with van der Waals surface area (Å²) >= 11 is 0. The van der Waals surface area contributed by atoms with Gasteiger partial charge in [0.05, 0.1) is 0 Å². The van der Waals surface area contributed by atoms with Crippen molar-refractivity contribution < 1.29 is 4.79 Å². The van der Waals surface area contributed by atoms with Crippen molar-refractivity contribution in [2.75, 3.05) is 41.3 Å². The lowest BCUT2D eigenvalue weighted by molar-refractivity contribution is 0.100. The maximum absolute atomic E-state index is 11.3. The van der Waals surface area contributed by atoms with Crippen LogP contribution in [0.15, 0.2) is 24.3 Å². The van der Waals surface area contributed by atoms with Gasteiger partial charge in [-0.15, -0.1) is 0 Å². The maximum Gasteiger partial charge on any atom is 0.248 e. The zero-order chi connectivity index (χ0) is 22.0. The average Bonchev–Trinajstić information content (AvgIpc) is 2.73. The van der Waals surface area contributed by atoms with Gasteiger partial charge < -0.3 is 38.1 Å². The van der Waals surface area contributed by atoms with Crippen molar-refractivity contribution in [2.24, 2.45) is 22.9 Å². The maximum atomic E-state index is 11.3. The summed E-state index contributed by atoms with van der Waals surface area (Å²) in [7, 11) is 0. The molecule has 4 rings (SSSR count). The number of nitrogens with two attached hydrogens (primary N) is 4. The molecule has 0 aliphatic carbocycles. The quantitative estimate of drug-likeness (QED) is 0.419. The van der Waals surface area contributed by atoms with Crippen LogP contribution in [0.25, 0.3) is 0 Å². The van der Waals surface area contributed by atoms with Crippen LogP contribution in [0.2, 0.25) is 0 Å². The summed E-state index contributed by atoms with van der Waals surface area (Å²) in [6.45, 7) is 2.78. The fraction of sp³-hybridized carbons (Fsp3) is 0.500.